The normalized spacial score (nSPS) is 15.5. The Bertz CT molecular complexity index is 780. The Morgan fingerprint density at radius 2 is 1.94 bits per heavy atom. The van der Waals surface area contributed by atoms with Gasteiger partial charge in [-0.15, -0.1) is 24.0 Å². The predicted octanol–water partition coefficient (Wildman–Crippen LogP) is 3.44. The molecule has 9 heteroatoms. The van der Waals surface area contributed by atoms with Crippen LogP contribution in [0, 0.1) is 0 Å². The van der Waals surface area contributed by atoms with Crippen LogP contribution in [0.3, 0.4) is 0 Å². The predicted molar refractivity (Wildman–Crippen MR) is 141 cm³/mol. The molecule has 0 saturated carbocycles. The fourth-order valence-electron chi connectivity index (χ4n) is 3.61. The smallest absolute Gasteiger partial charge is 0.191 e. The van der Waals surface area contributed by atoms with Gasteiger partial charge in [0.2, 0.25) is 0 Å². The Morgan fingerprint density at radius 3 is 2.61 bits per heavy atom. The number of furan rings is 1. The third-order valence-electron chi connectivity index (χ3n) is 5.34. The first-order valence-corrected chi connectivity index (χ1v) is 11.4. The van der Waals surface area contributed by atoms with Gasteiger partial charge in [0.05, 0.1) is 39.2 Å². The minimum atomic E-state index is 0. The fourth-order valence-corrected chi connectivity index (χ4v) is 3.61. The highest BCUT2D eigenvalue weighted by atomic mass is 127. The van der Waals surface area contributed by atoms with Gasteiger partial charge in [-0.05, 0) is 43.2 Å². The summed E-state index contributed by atoms with van der Waals surface area (Å²) in [5.41, 5.74) is 1.23. The number of hydrogen-bond donors (Lipinski definition) is 2. The highest BCUT2D eigenvalue weighted by molar-refractivity contribution is 14.0. The number of nitrogens with one attached hydrogen (secondary N) is 2. The van der Waals surface area contributed by atoms with Gasteiger partial charge < -0.3 is 29.3 Å². The number of hydrogen-bond acceptors (Lipinski definition) is 6. The lowest BCUT2D eigenvalue weighted by atomic mass is 10.0. The third-order valence-corrected chi connectivity index (χ3v) is 5.34. The van der Waals surface area contributed by atoms with Gasteiger partial charge >= 0.3 is 0 Å². The molecule has 1 aromatic carbocycles. The number of aliphatic imine (C=N–C) groups is 1. The van der Waals surface area contributed by atoms with Gasteiger partial charge in [-0.3, -0.25) is 9.89 Å². The molecule has 3 rings (SSSR count). The Balaban J connectivity index is 0.00000385. The molecule has 1 atom stereocenters. The quantitative estimate of drug-likeness (QED) is 0.175. The van der Waals surface area contributed by atoms with Crippen LogP contribution in [0.25, 0.3) is 0 Å². The van der Waals surface area contributed by atoms with E-state index in [1.165, 1.54) is 5.56 Å². The topological polar surface area (TPSA) is 80.5 Å². The summed E-state index contributed by atoms with van der Waals surface area (Å²) in [6, 6.07) is 12.3. The zero-order valence-electron chi connectivity index (χ0n) is 19.6. The van der Waals surface area contributed by atoms with Crippen molar-refractivity contribution in [3.8, 4) is 5.75 Å². The molecule has 2 aromatic rings. The van der Waals surface area contributed by atoms with Gasteiger partial charge in [0, 0.05) is 32.8 Å². The van der Waals surface area contributed by atoms with Gasteiger partial charge in [-0.1, -0.05) is 12.1 Å². The number of nitrogens with zero attached hydrogens (tertiary/aromatic N) is 2. The van der Waals surface area contributed by atoms with Crippen molar-refractivity contribution in [3.63, 3.8) is 0 Å². The Labute approximate surface area is 214 Å². The summed E-state index contributed by atoms with van der Waals surface area (Å²) in [7, 11) is 1.69. The van der Waals surface area contributed by atoms with Crippen LogP contribution in [0.2, 0.25) is 0 Å². The maximum atomic E-state index is 5.65. The van der Waals surface area contributed by atoms with Crippen LogP contribution in [-0.4, -0.2) is 70.5 Å². The first kappa shape index (κ1) is 27.4. The van der Waals surface area contributed by atoms with E-state index in [2.05, 4.69) is 34.6 Å². The molecular formula is C24H37IN4O4. The second kappa shape index (κ2) is 15.9. The standard InChI is InChI=1S/C24H36N4O4.HI/c1-3-25-24(26-11-5-14-31-19-22-6-4-15-32-22)27-18-23(28-12-16-30-17-13-28)20-7-9-21(29-2)10-8-20;/h4,6-10,15,23H,3,5,11-14,16-19H2,1-2H3,(H2,25,26,27);1H. The summed E-state index contributed by atoms with van der Waals surface area (Å²) in [6.07, 6.45) is 2.55. The second-order valence-corrected chi connectivity index (χ2v) is 7.57. The molecule has 0 amide bonds. The summed E-state index contributed by atoms with van der Waals surface area (Å²) >= 11 is 0. The zero-order chi connectivity index (χ0) is 22.4. The lowest BCUT2D eigenvalue weighted by Gasteiger charge is -2.34. The van der Waals surface area contributed by atoms with E-state index >= 15 is 0 Å². The SMILES string of the molecule is CCNC(=NCC(c1ccc(OC)cc1)N1CCOCC1)NCCCOCc1ccco1.I. The van der Waals surface area contributed by atoms with E-state index in [9.17, 15) is 0 Å². The van der Waals surface area contributed by atoms with Gasteiger partial charge in [-0.25, -0.2) is 0 Å². The minimum absolute atomic E-state index is 0. The van der Waals surface area contributed by atoms with Crippen molar-refractivity contribution in [1.29, 1.82) is 0 Å². The molecule has 0 radical (unpaired) electrons. The summed E-state index contributed by atoms with van der Waals surface area (Å²) in [6.45, 7) is 8.83. The molecule has 2 heterocycles. The van der Waals surface area contributed by atoms with E-state index in [1.807, 2.05) is 24.3 Å². The maximum absolute atomic E-state index is 5.65. The molecule has 1 aromatic heterocycles. The maximum Gasteiger partial charge on any atom is 0.191 e. The van der Waals surface area contributed by atoms with E-state index in [0.717, 1.165) is 63.3 Å². The highest BCUT2D eigenvalue weighted by Gasteiger charge is 2.22. The number of halogens is 1. The van der Waals surface area contributed by atoms with Crippen molar-refractivity contribution < 1.29 is 18.6 Å². The molecule has 0 aliphatic carbocycles. The van der Waals surface area contributed by atoms with Crippen LogP contribution in [0.1, 0.15) is 30.7 Å². The molecule has 8 nitrogen and oxygen atoms in total. The van der Waals surface area contributed by atoms with E-state index in [1.54, 1.807) is 13.4 Å². The van der Waals surface area contributed by atoms with Crippen LogP contribution in [0.5, 0.6) is 5.75 Å². The summed E-state index contributed by atoms with van der Waals surface area (Å²) in [5, 5.41) is 6.76. The lowest BCUT2D eigenvalue weighted by Crippen LogP contribution is -2.42. The number of guanidine groups is 1. The number of ether oxygens (including phenoxy) is 3. The second-order valence-electron chi connectivity index (χ2n) is 7.57. The molecule has 1 saturated heterocycles. The first-order chi connectivity index (χ1) is 15.8. The zero-order valence-corrected chi connectivity index (χ0v) is 22.0. The Morgan fingerprint density at radius 1 is 1.15 bits per heavy atom. The van der Waals surface area contributed by atoms with Gasteiger partial charge in [0.25, 0.3) is 0 Å². The number of rotatable bonds is 12. The number of benzene rings is 1. The van der Waals surface area contributed by atoms with Gasteiger partial charge in [-0.2, -0.15) is 0 Å². The first-order valence-electron chi connectivity index (χ1n) is 11.4. The summed E-state index contributed by atoms with van der Waals surface area (Å²) in [4.78, 5) is 7.34. The van der Waals surface area contributed by atoms with E-state index in [4.69, 9.17) is 23.6 Å². The highest BCUT2D eigenvalue weighted by Crippen LogP contribution is 2.24. The molecule has 1 aliphatic rings. The van der Waals surface area contributed by atoms with Crippen LogP contribution >= 0.6 is 24.0 Å². The number of morpholine rings is 1. The third kappa shape index (κ3) is 9.52. The van der Waals surface area contributed by atoms with Crippen molar-refractivity contribution >= 4 is 29.9 Å². The van der Waals surface area contributed by atoms with E-state index in [-0.39, 0.29) is 30.0 Å². The average molecular weight is 572 g/mol. The molecule has 2 N–H and O–H groups in total. The van der Waals surface area contributed by atoms with Crippen molar-refractivity contribution in [2.45, 2.75) is 26.0 Å². The lowest BCUT2D eigenvalue weighted by molar-refractivity contribution is 0.0179. The molecule has 184 valence electrons. The van der Waals surface area contributed by atoms with Crippen LogP contribution in [0.4, 0.5) is 0 Å². The average Bonchev–Trinajstić information content (AvgIpc) is 3.36. The number of methoxy groups -OCH3 is 1. The largest absolute Gasteiger partial charge is 0.497 e. The monoisotopic (exact) mass is 572 g/mol. The Kier molecular flexibility index (Phi) is 13.2. The minimum Gasteiger partial charge on any atom is -0.497 e. The molecule has 33 heavy (non-hydrogen) atoms. The van der Waals surface area contributed by atoms with Gasteiger partial charge in [0.15, 0.2) is 5.96 Å². The van der Waals surface area contributed by atoms with Crippen LogP contribution in [0.15, 0.2) is 52.1 Å². The van der Waals surface area contributed by atoms with Crippen molar-refractivity contribution in [2.75, 3.05) is 59.7 Å². The fraction of sp³-hybridized carbons (Fsp3) is 0.542. The molecule has 1 aliphatic heterocycles. The van der Waals surface area contributed by atoms with Gasteiger partial charge in [0.1, 0.15) is 18.1 Å². The molecule has 1 fully saturated rings. The van der Waals surface area contributed by atoms with Crippen LogP contribution in [-0.2, 0) is 16.1 Å². The molecule has 1 unspecified atom stereocenters. The van der Waals surface area contributed by atoms with E-state index < -0.39 is 0 Å². The molecule has 0 bridgehead atoms. The van der Waals surface area contributed by atoms with Crippen LogP contribution < -0.4 is 15.4 Å². The summed E-state index contributed by atoms with van der Waals surface area (Å²) in [5.74, 6) is 2.54. The Hall–Kier alpha value is -1.82. The summed E-state index contributed by atoms with van der Waals surface area (Å²) < 4.78 is 21.8. The molecular weight excluding hydrogens is 535 g/mol. The van der Waals surface area contributed by atoms with Crippen molar-refractivity contribution in [1.82, 2.24) is 15.5 Å². The van der Waals surface area contributed by atoms with E-state index in [0.29, 0.717) is 19.8 Å². The molecule has 0 spiro atoms. The van der Waals surface area contributed by atoms with Crippen molar-refractivity contribution in [2.24, 2.45) is 4.99 Å². The van der Waals surface area contributed by atoms with Crippen molar-refractivity contribution in [3.05, 3.63) is 54.0 Å².